The van der Waals surface area contributed by atoms with Crippen LogP contribution in [0.2, 0.25) is 0 Å². The highest BCUT2D eigenvalue weighted by molar-refractivity contribution is 7.15. The molecule has 0 bridgehead atoms. The number of thiazole rings is 1. The third kappa shape index (κ3) is 3.57. The van der Waals surface area contributed by atoms with Crippen LogP contribution in [0.25, 0.3) is 22.3 Å². The highest BCUT2D eigenvalue weighted by atomic mass is 32.1. The summed E-state index contributed by atoms with van der Waals surface area (Å²) in [6, 6.07) is 3.53. The maximum atomic E-state index is 14.4. The summed E-state index contributed by atoms with van der Waals surface area (Å²) in [5.74, 6) is -3.65. The number of hydrogen-bond acceptors (Lipinski definition) is 5. The van der Waals surface area contributed by atoms with Crippen LogP contribution in [0, 0.1) is 0 Å². The molecule has 3 heterocycles. The van der Waals surface area contributed by atoms with E-state index in [0.29, 0.717) is 18.5 Å². The first-order valence-corrected chi connectivity index (χ1v) is 11.0. The maximum Gasteiger partial charge on any atom is 0.280 e. The monoisotopic (exact) mass is 441 g/mol. The number of carbonyl (C=O) groups excluding carboxylic acids is 1. The topological polar surface area (TPSA) is 85.3 Å². The van der Waals surface area contributed by atoms with Gasteiger partial charge in [-0.15, -0.1) is 11.3 Å². The van der Waals surface area contributed by atoms with Crippen LogP contribution in [0.4, 0.5) is 8.78 Å². The first-order chi connectivity index (χ1) is 14.9. The van der Waals surface area contributed by atoms with Crippen LogP contribution >= 0.6 is 11.3 Å². The molecule has 6 nitrogen and oxygen atoms in total. The molecule has 3 N–H and O–H groups in total. The van der Waals surface area contributed by atoms with E-state index in [1.54, 1.807) is 10.7 Å². The van der Waals surface area contributed by atoms with Crippen molar-refractivity contribution in [2.45, 2.75) is 43.7 Å². The van der Waals surface area contributed by atoms with E-state index >= 15 is 0 Å². The number of halogens is 2. The van der Waals surface area contributed by atoms with Gasteiger partial charge in [0.05, 0.1) is 22.3 Å². The number of nitrogens with zero attached hydrogens (tertiary/aromatic N) is 3. The molecule has 2 aliphatic carbocycles. The predicted molar refractivity (Wildman–Crippen MR) is 116 cm³/mol. The lowest BCUT2D eigenvalue weighted by molar-refractivity contribution is -0.0674. The maximum absolute atomic E-state index is 14.4. The average molecular weight is 442 g/mol. The highest BCUT2D eigenvalue weighted by Crippen LogP contribution is 2.39. The van der Waals surface area contributed by atoms with Crippen LogP contribution in [0.5, 0.6) is 0 Å². The van der Waals surface area contributed by atoms with Crippen LogP contribution in [-0.4, -0.2) is 38.5 Å². The Bertz CT molecular complexity index is 1210. The molecule has 160 valence electrons. The molecule has 0 radical (unpaired) electrons. The molecule has 1 amide bonds. The van der Waals surface area contributed by atoms with Gasteiger partial charge < -0.3 is 11.1 Å². The van der Waals surface area contributed by atoms with Crippen molar-refractivity contribution in [2.24, 2.45) is 5.73 Å². The van der Waals surface area contributed by atoms with Crippen molar-refractivity contribution < 1.29 is 13.6 Å². The van der Waals surface area contributed by atoms with Gasteiger partial charge in [-0.3, -0.25) is 4.79 Å². The summed E-state index contributed by atoms with van der Waals surface area (Å²) >= 11 is 1.21. The second-order valence-corrected chi connectivity index (χ2v) is 8.88. The molecule has 0 aromatic carbocycles. The molecule has 2 aliphatic rings. The highest BCUT2D eigenvalue weighted by Gasteiger charge is 2.46. The third-order valence-corrected chi connectivity index (χ3v) is 6.91. The third-order valence-electron chi connectivity index (χ3n) is 5.78. The molecule has 2 atom stereocenters. The van der Waals surface area contributed by atoms with Gasteiger partial charge in [0.15, 0.2) is 5.01 Å². The Balaban J connectivity index is 1.53. The number of fused-ring (bicyclic) bond motifs is 1. The van der Waals surface area contributed by atoms with Gasteiger partial charge in [-0.1, -0.05) is 24.3 Å². The van der Waals surface area contributed by atoms with E-state index in [9.17, 15) is 13.6 Å². The fraction of sp³-hybridized carbons (Fsp3) is 0.318. The van der Waals surface area contributed by atoms with Crippen molar-refractivity contribution in [3.8, 4) is 11.3 Å². The normalized spacial score (nSPS) is 22.6. The molecule has 1 fully saturated rings. The van der Waals surface area contributed by atoms with Crippen molar-refractivity contribution in [3.63, 3.8) is 0 Å². The first kappa shape index (κ1) is 20.0. The number of aromatic nitrogens is 3. The van der Waals surface area contributed by atoms with Crippen LogP contribution in [0.3, 0.4) is 0 Å². The zero-order chi connectivity index (χ0) is 21.6. The van der Waals surface area contributed by atoms with E-state index in [0.717, 1.165) is 28.0 Å². The smallest absolute Gasteiger partial charge is 0.280 e. The molecular formula is C22H21F2N5OS. The minimum atomic E-state index is -3.03. The van der Waals surface area contributed by atoms with Gasteiger partial charge in [-0.25, -0.2) is 18.3 Å². The van der Waals surface area contributed by atoms with E-state index in [2.05, 4.69) is 15.4 Å². The fourth-order valence-corrected chi connectivity index (χ4v) is 5.19. The Morgan fingerprint density at radius 3 is 3.00 bits per heavy atom. The van der Waals surface area contributed by atoms with Gasteiger partial charge in [0.1, 0.15) is 6.04 Å². The van der Waals surface area contributed by atoms with Crippen LogP contribution in [0.1, 0.15) is 40.4 Å². The van der Waals surface area contributed by atoms with E-state index in [1.165, 1.54) is 11.3 Å². The van der Waals surface area contributed by atoms with Gasteiger partial charge in [0, 0.05) is 24.2 Å². The summed E-state index contributed by atoms with van der Waals surface area (Å²) in [7, 11) is 0. The largest absolute Gasteiger partial charge is 0.340 e. The lowest BCUT2D eigenvalue weighted by Crippen LogP contribution is -2.59. The van der Waals surface area contributed by atoms with Crippen molar-refractivity contribution in [1.82, 2.24) is 19.9 Å². The van der Waals surface area contributed by atoms with Gasteiger partial charge in [-0.05, 0) is 37.0 Å². The molecule has 0 unspecified atom stereocenters. The number of alkyl halides is 2. The average Bonchev–Trinajstić information content (AvgIpc) is 3.49. The zero-order valence-corrected chi connectivity index (χ0v) is 17.4. The standard InChI is InChI=1S/C22H21F2N5OS/c23-22(24)10-5-8-15(25)19(22)28-20(30)21-27-17(18(31-21)13-6-1-2-7-13)14-12-26-29-11-4-3-9-16(14)29/h1-4,6,9,11-12,15,19H,5,7-8,10,25H2,(H,28,30)/t15-,19-/m1/s1. The summed E-state index contributed by atoms with van der Waals surface area (Å²) in [4.78, 5) is 18.4. The van der Waals surface area contributed by atoms with Crippen LogP contribution < -0.4 is 11.1 Å². The molecule has 3 aromatic rings. The summed E-state index contributed by atoms with van der Waals surface area (Å²) in [6.45, 7) is 0. The van der Waals surface area contributed by atoms with Gasteiger partial charge >= 0.3 is 0 Å². The molecule has 0 spiro atoms. The molecule has 1 saturated carbocycles. The Hall–Kier alpha value is -2.91. The van der Waals surface area contributed by atoms with E-state index in [4.69, 9.17) is 5.73 Å². The number of pyridine rings is 1. The molecule has 9 heteroatoms. The quantitative estimate of drug-likeness (QED) is 0.640. The second-order valence-electron chi connectivity index (χ2n) is 7.88. The van der Waals surface area contributed by atoms with Crippen molar-refractivity contribution >= 4 is 28.3 Å². The van der Waals surface area contributed by atoms with Crippen LogP contribution in [0.15, 0.2) is 48.8 Å². The van der Waals surface area contributed by atoms with Gasteiger partial charge in [0.25, 0.3) is 11.8 Å². The SMILES string of the molecule is N[C@@H]1CCCC(F)(F)[C@@H]1NC(=O)c1nc(-c2cnn3ccccc23)c(C2=CC=CC2)s1. The van der Waals surface area contributed by atoms with E-state index < -0.39 is 23.9 Å². The van der Waals surface area contributed by atoms with Gasteiger partial charge in [-0.2, -0.15) is 5.10 Å². The number of allylic oxidation sites excluding steroid dienone is 4. The predicted octanol–water partition coefficient (Wildman–Crippen LogP) is 4.05. The molecule has 3 aromatic heterocycles. The number of carbonyl (C=O) groups is 1. The summed E-state index contributed by atoms with van der Waals surface area (Å²) in [5, 5.41) is 6.98. The number of rotatable bonds is 4. The summed E-state index contributed by atoms with van der Waals surface area (Å²) in [5.41, 5.74) is 9.22. The Labute approximate surface area is 181 Å². The summed E-state index contributed by atoms with van der Waals surface area (Å²) < 4.78 is 30.5. The Kier molecular flexibility index (Phi) is 4.94. The lowest BCUT2D eigenvalue weighted by atomic mass is 9.87. The van der Waals surface area contributed by atoms with Crippen LogP contribution in [-0.2, 0) is 0 Å². The van der Waals surface area contributed by atoms with E-state index in [1.807, 2.05) is 42.6 Å². The van der Waals surface area contributed by atoms with Crippen molar-refractivity contribution in [2.75, 3.05) is 0 Å². The lowest BCUT2D eigenvalue weighted by Gasteiger charge is -2.36. The number of hydrogen-bond donors (Lipinski definition) is 2. The molecule has 31 heavy (non-hydrogen) atoms. The van der Waals surface area contributed by atoms with Gasteiger partial charge in [0.2, 0.25) is 0 Å². The van der Waals surface area contributed by atoms with Crippen molar-refractivity contribution in [3.05, 3.63) is 58.7 Å². The fourth-order valence-electron chi connectivity index (χ4n) is 4.17. The minimum Gasteiger partial charge on any atom is -0.340 e. The van der Waals surface area contributed by atoms with Crippen molar-refractivity contribution in [1.29, 1.82) is 0 Å². The van der Waals surface area contributed by atoms with E-state index in [-0.39, 0.29) is 11.4 Å². The molecule has 0 aliphatic heterocycles. The first-order valence-electron chi connectivity index (χ1n) is 10.2. The molecular weight excluding hydrogens is 420 g/mol. The number of amides is 1. The Morgan fingerprint density at radius 1 is 1.35 bits per heavy atom. The number of nitrogens with two attached hydrogens (primary N) is 1. The zero-order valence-electron chi connectivity index (χ0n) is 16.6. The summed E-state index contributed by atoms with van der Waals surface area (Å²) in [6.07, 6.45) is 10.8. The second kappa shape index (κ2) is 7.65. The Morgan fingerprint density at radius 2 is 2.23 bits per heavy atom. The minimum absolute atomic E-state index is 0.140. The molecule has 5 rings (SSSR count). The molecule has 0 saturated heterocycles. The number of nitrogens with one attached hydrogen (secondary N) is 1.